The van der Waals surface area contributed by atoms with Gasteiger partial charge in [-0.05, 0) is 54.7 Å². The summed E-state index contributed by atoms with van der Waals surface area (Å²) in [6.07, 6.45) is 1.36. The lowest BCUT2D eigenvalue weighted by molar-refractivity contribution is -0.139. The Balaban J connectivity index is 1.47. The van der Waals surface area contributed by atoms with Crippen LogP contribution >= 0.6 is 7.60 Å². The third kappa shape index (κ3) is 7.78. The molecule has 232 valence electrons. The van der Waals surface area contributed by atoms with Crippen LogP contribution in [0.1, 0.15) is 35.3 Å². The second-order valence-corrected chi connectivity index (χ2v) is 12.7. The van der Waals surface area contributed by atoms with Crippen LogP contribution in [0.25, 0.3) is 0 Å². The highest BCUT2D eigenvalue weighted by Crippen LogP contribution is 2.59. The molecule has 45 heavy (non-hydrogen) atoms. The lowest BCUT2D eigenvalue weighted by Gasteiger charge is -2.31. The van der Waals surface area contributed by atoms with E-state index < -0.39 is 31.4 Å². The van der Waals surface area contributed by atoms with E-state index in [1.165, 1.54) is 4.90 Å². The average Bonchev–Trinajstić information content (AvgIpc) is 3.55. The second-order valence-electron chi connectivity index (χ2n) is 10.8. The summed E-state index contributed by atoms with van der Waals surface area (Å²) in [5, 5.41) is 10.7. The fourth-order valence-corrected chi connectivity index (χ4v) is 7.17. The van der Waals surface area contributed by atoms with Crippen LogP contribution in [0.15, 0.2) is 115 Å². The second kappa shape index (κ2) is 14.2. The summed E-state index contributed by atoms with van der Waals surface area (Å²) in [5.41, 5.74) is 13.8. The first-order valence-corrected chi connectivity index (χ1v) is 16.3. The maximum absolute atomic E-state index is 14.9. The molecule has 6 N–H and O–H groups in total. The van der Waals surface area contributed by atoms with Gasteiger partial charge in [-0.2, -0.15) is 0 Å². The van der Waals surface area contributed by atoms with Crippen LogP contribution in [0.5, 0.6) is 11.5 Å². The molecule has 0 radical (unpaired) electrons. The van der Waals surface area contributed by atoms with E-state index in [-0.39, 0.29) is 23.2 Å². The summed E-state index contributed by atoms with van der Waals surface area (Å²) in [6.45, 7) is 0.371. The van der Waals surface area contributed by atoms with E-state index in [0.717, 1.165) is 5.56 Å². The summed E-state index contributed by atoms with van der Waals surface area (Å²) in [6, 6.07) is 31.3. The zero-order chi connectivity index (χ0) is 31.8. The van der Waals surface area contributed by atoms with Gasteiger partial charge >= 0.3 is 7.60 Å². The molecule has 1 aliphatic rings. The molecule has 4 aromatic rings. The number of hydrogen-bond acceptors (Lipinski definition) is 7. The average molecular weight is 626 g/mol. The Bertz CT molecular complexity index is 1610. The molecule has 1 aliphatic heterocycles. The van der Waals surface area contributed by atoms with Gasteiger partial charge in [0, 0.05) is 12.1 Å². The molecule has 0 spiro atoms. The van der Waals surface area contributed by atoms with Crippen molar-refractivity contribution in [3.05, 3.63) is 132 Å². The number of hydrogen-bond donors (Lipinski definition) is 4. The lowest BCUT2D eigenvalue weighted by Crippen LogP contribution is -2.52. The Morgan fingerprint density at radius 3 is 1.93 bits per heavy atom. The third-order valence-electron chi connectivity index (χ3n) is 7.54. The van der Waals surface area contributed by atoms with Crippen molar-refractivity contribution in [2.24, 2.45) is 11.5 Å². The van der Waals surface area contributed by atoms with Crippen molar-refractivity contribution in [3.8, 4) is 11.5 Å². The number of carbonyl (C=O) groups is 2. The highest BCUT2D eigenvalue weighted by atomic mass is 31.2. The standard InChI is InChI=1S/C34H36N5O5P/c35-29(23-24-11-4-1-5-12-24)34(41)39-22-10-17-30(39)32(40)38-33(26-20-18-25(19-21-26)31(36)37)45(42,43-27-13-6-2-7-14-27)44-28-15-8-3-9-16-28/h1-9,11-16,18-21,29-30,33H,10,17,22-23,35H2,(H3,36,37)(H,38,40)/t29-,30-,33?/m0/s1. The van der Waals surface area contributed by atoms with Gasteiger partial charge in [0.05, 0.1) is 6.04 Å². The summed E-state index contributed by atoms with van der Waals surface area (Å²) in [7, 11) is -4.28. The molecule has 2 amide bonds. The van der Waals surface area contributed by atoms with Gasteiger partial charge in [0.25, 0.3) is 0 Å². The van der Waals surface area contributed by atoms with Crippen molar-refractivity contribution >= 4 is 25.2 Å². The van der Waals surface area contributed by atoms with E-state index in [4.69, 9.17) is 25.9 Å². The molecule has 3 atom stereocenters. The molecular weight excluding hydrogens is 589 g/mol. The Morgan fingerprint density at radius 2 is 1.40 bits per heavy atom. The number of carbonyl (C=O) groups excluding carboxylic acids is 2. The van der Waals surface area contributed by atoms with Crippen molar-refractivity contribution in [2.75, 3.05) is 6.54 Å². The lowest BCUT2D eigenvalue weighted by atomic mass is 10.1. The van der Waals surface area contributed by atoms with Gasteiger partial charge in [-0.15, -0.1) is 0 Å². The molecule has 5 rings (SSSR count). The Kier molecular flexibility index (Phi) is 9.97. The van der Waals surface area contributed by atoms with E-state index in [1.807, 2.05) is 30.3 Å². The van der Waals surface area contributed by atoms with Gasteiger partial charge in [0.2, 0.25) is 11.8 Å². The number of nitrogens with two attached hydrogens (primary N) is 2. The van der Waals surface area contributed by atoms with E-state index >= 15 is 0 Å². The van der Waals surface area contributed by atoms with Gasteiger partial charge < -0.3 is 30.7 Å². The molecule has 1 fully saturated rings. The summed E-state index contributed by atoms with van der Waals surface area (Å²) < 4.78 is 27.1. The topological polar surface area (TPSA) is 161 Å². The maximum Gasteiger partial charge on any atom is 0.457 e. The molecule has 0 bridgehead atoms. The predicted molar refractivity (Wildman–Crippen MR) is 173 cm³/mol. The minimum absolute atomic E-state index is 0.140. The summed E-state index contributed by atoms with van der Waals surface area (Å²) >= 11 is 0. The molecule has 1 unspecified atom stereocenters. The van der Waals surface area contributed by atoms with E-state index in [2.05, 4.69) is 5.32 Å². The molecule has 1 saturated heterocycles. The van der Waals surface area contributed by atoms with E-state index in [1.54, 1.807) is 84.9 Å². The quantitative estimate of drug-likeness (QED) is 0.0979. The number of nitrogens with zero attached hydrogens (tertiary/aromatic N) is 1. The van der Waals surface area contributed by atoms with Crippen LogP contribution in [-0.4, -0.2) is 41.2 Å². The number of amidine groups is 1. The molecule has 0 aliphatic carbocycles. The van der Waals surface area contributed by atoms with Gasteiger partial charge in [-0.25, -0.2) is 4.57 Å². The van der Waals surface area contributed by atoms with Crippen molar-refractivity contribution in [1.29, 1.82) is 5.41 Å². The van der Waals surface area contributed by atoms with Crippen molar-refractivity contribution in [2.45, 2.75) is 37.1 Å². The molecule has 10 nitrogen and oxygen atoms in total. The minimum atomic E-state index is -4.28. The number of likely N-dealkylation sites (tertiary alicyclic amines) is 1. The number of benzene rings is 4. The third-order valence-corrected chi connectivity index (χ3v) is 9.53. The largest absolute Gasteiger partial charge is 0.457 e. The molecule has 4 aromatic carbocycles. The van der Waals surface area contributed by atoms with Gasteiger partial charge in [-0.1, -0.05) is 91.0 Å². The van der Waals surface area contributed by atoms with Gasteiger partial charge in [0.1, 0.15) is 23.4 Å². The molecule has 11 heteroatoms. The van der Waals surface area contributed by atoms with Crippen LogP contribution in [-0.2, 0) is 20.6 Å². The zero-order valence-corrected chi connectivity index (χ0v) is 25.5. The van der Waals surface area contributed by atoms with Crippen LogP contribution in [0.4, 0.5) is 0 Å². The highest BCUT2D eigenvalue weighted by molar-refractivity contribution is 7.55. The Morgan fingerprint density at radius 1 is 0.867 bits per heavy atom. The van der Waals surface area contributed by atoms with Crippen LogP contribution in [0, 0.1) is 5.41 Å². The SMILES string of the molecule is N=C(N)c1ccc(C(NC(=O)[C@@H]2CCCN2C(=O)[C@@H](N)Cc2ccccc2)P(=O)(Oc2ccccc2)Oc2ccccc2)cc1. The fourth-order valence-electron chi connectivity index (χ4n) is 5.27. The normalized spacial score (nSPS) is 15.9. The predicted octanol–water partition coefficient (Wildman–Crippen LogP) is 5.00. The molecule has 1 heterocycles. The monoisotopic (exact) mass is 625 g/mol. The van der Waals surface area contributed by atoms with Crippen LogP contribution in [0.3, 0.4) is 0 Å². The number of para-hydroxylation sites is 2. The highest BCUT2D eigenvalue weighted by Gasteiger charge is 2.45. The maximum atomic E-state index is 14.9. The molecular formula is C34H36N5O5P. The Hall–Kier alpha value is -4.92. The number of nitrogens with one attached hydrogen (secondary N) is 2. The Labute approximate surface area is 262 Å². The van der Waals surface area contributed by atoms with E-state index in [9.17, 15) is 14.2 Å². The van der Waals surface area contributed by atoms with E-state index in [0.29, 0.717) is 36.9 Å². The molecule has 0 aromatic heterocycles. The first-order valence-electron chi connectivity index (χ1n) is 14.7. The van der Waals surface area contributed by atoms with Crippen LogP contribution in [0.2, 0.25) is 0 Å². The molecule has 0 saturated carbocycles. The summed E-state index contributed by atoms with van der Waals surface area (Å²) in [4.78, 5) is 29.0. The smallest absolute Gasteiger partial charge is 0.414 e. The van der Waals surface area contributed by atoms with Crippen molar-refractivity contribution in [3.63, 3.8) is 0 Å². The van der Waals surface area contributed by atoms with Crippen molar-refractivity contribution < 1.29 is 23.2 Å². The van der Waals surface area contributed by atoms with Crippen molar-refractivity contribution in [1.82, 2.24) is 10.2 Å². The number of amides is 2. The zero-order valence-electron chi connectivity index (χ0n) is 24.6. The van der Waals surface area contributed by atoms with Gasteiger partial charge in [-0.3, -0.25) is 15.0 Å². The van der Waals surface area contributed by atoms with Gasteiger partial charge in [0.15, 0.2) is 5.78 Å². The summed E-state index contributed by atoms with van der Waals surface area (Å²) in [5.74, 6) is -1.72. The number of nitrogen functional groups attached to an aromatic ring is 1. The number of rotatable bonds is 12. The fraction of sp³-hybridized carbons (Fsp3) is 0.206. The minimum Gasteiger partial charge on any atom is -0.414 e. The van der Waals surface area contributed by atoms with Crippen LogP contribution < -0.4 is 25.8 Å². The first kappa shape index (κ1) is 31.5. The first-order chi connectivity index (χ1) is 21.7.